The minimum absolute atomic E-state index is 0.00449. The summed E-state index contributed by atoms with van der Waals surface area (Å²) in [5.41, 5.74) is 8.46. The van der Waals surface area contributed by atoms with Crippen LogP contribution in [0.1, 0.15) is 51.2 Å². The second-order valence-corrected chi connectivity index (χ2v) is 7.06. The normalized spacial score (nSPS) is 18.0. The van der Waals surface area contributed by atoms with Crippen LogP contribution in [0.25, 0.3) is 0 Å². The van der Waals surface area contributed by atoms with E-state index < -0.39 is 0 Å². The van der Waals surface area contributed by atoms with Crippen LogP contribution >= 0.6 is 11.6 Å². The molecule has 19 heavy (non-hydrogen) atoms. The first-order valence-corrected chi connectivity index (χ1v) is 7.30. The highest BCUT2D eigenvalue weighted by molar-refractivity contribution is 6.30. The molecule has 1 saturated carbocycles. The van der Waals surface area contributed by atoms with Gasteiger partial charge in [0.05, 0.1) is 7.11 Å². The van der Waals surface area contributed by atoms with Gasteiger partial charge in [-0.2, -0.15) is 0 Å². The van der Waals surface area contributed by atoms with Crippen molar-refractivity contribution in [3.05, 3.63) is 28.3 Å². The van der Waals surface area contributed by atoms with Crippen molar-refractivity contribution in [3.8, 4) is 5.75 Å². The molecule has 0 saturated heterocycles. The molecule has 2 N–H and O–H groups in total. The lowest BCUT2D eigenvalue weighted by molar-refractivity contribution is 0.242. The van der Waals surface area contributed by atoms with E-state index in [1.54, 1.807) is 7.11 Å². The predicted molar refractivity (Wildman–Crippen MR) is 81.3 cm³/mol. The number of methoxy groups -OCH3 is 1. The maximum Gasteiger partial charge on any atom is 0.126 e. The Balaban J connectivity index is 2.64. The molecule has 0 amide bonds. The molecule has 1 aliphatic rings. The van der Waals surface area contributed by atoms with E-state index in [0.717, 1.165) is 29.2 Å². The van der Waals surface area contributed by atoms with Crippen LogP contribution in [0.2, 0.25) is 5.02 Å². The van der Waals surface area contributed by atoms with Crippen molar-refractivity contribution >= 4 is 11.6 Å². The lowest BCUT2D eigenvalue weighted by atomic mass is 9.63. The topological polar surface area (TPSA) is 35.2 Å². The third kappa shape index (κ3) is 2.48. The van der Waals surface area contributed by atoms with Gasteiger partial charge in [0.15, 0.2) is 0 Å². The van der Waals surface area contributed by atoms with Crippen LogP contribution in [-0.2, 0) is 10.8 Å². The Morgan fingerprint density at radius 3 is 2.32 bits per heavy atom. The molecule has 2 nitrogen and oxygen atoms in total. The Bertz CT molecular complexity index is 467. The molecular weight excluding hydrogens is 258 g/mol. The van der Waals surface area contributed by atoms with Crippen LogP contribution in [0.5, 0.6) is 5.75 Å². The number of ether oxygens (including phenoxy) is 1. The maximum atomic E-state index is 6.33. The molecule has 2 rings (SSSR count). The van der Waals surface area contributed by atoms with Gasteiger partial charge < -0.3 is 10.5 Å². The van der Waals surface area contributed by atoms with Gasteiger partial charge in [-0.3, -0.25) is 0 Å². The Morgan fingerprint density at radius 1 is 1.32 bits per heavy atom. The number of hydrogen-bond donors (Lipinski definition) is 1. The van der Waals surface area contributed by atoms with Crippen molar-refractivity contribution in [2.45, 2.75) is 50.9 Å². The summed E-state index contributed by atoms with van der Waals surface area (Å²) in [4.78, 5) is 0. The first-order valence-electron chi connectivity index (χ1n) is 6.92. The Morgan fingerprint density at radius 2 is 1.95 bits per heavy atom. The second kappa shape index (κ2) is 4.99. The van der Waals surface area contributed by atoms with Gasteiger partial charge in [0.2, 0.25) is 0 Å². The summed E-state index contributed by atoms with van der Waals surface area (Å²) < 4.78 is 5.73. The first kappa shape index (κ1) is 14.7. The zero-order valence-electron chi connectivity index (χ0n) is 12.3. The van der Waals surface area contributed by atoms with Gasteiger partial charge in [0.1, 0.15) is 5.75 Å². The van der Waals surface area contributed by atoms with Gasteiger partial charge in [0, 0.05) is 28.1 Å². The molecule has 0 aromatic heterocycles. The summed E-state index contributed by atoms with van der Waals surface area (Å²) in [5.74, 6) is 0.974. The zero-order chi connectivity index (χ0) is 14.3. The van der Waals surface area contributed by atoms with Gasteiger partial charge in [-0.05, 0) is 30.4 Å². The van der Waals surface area contributed by atoms with Crippen LogP contribution < -0.4 is 10.5 Å². The standard InChI is InChI=1S/C16H24ClNO/c1-15(2,3)12-8-11(17)9-13(14(12)19-4)16(10-18)6-5-7-16/h8-9H,5-7,10,18H2,1-4H3. The highest BCUT2D eigenvalue weighted by atomic mass is 35.5. The predicted octanol–water partition coefficient (Wildman–Crippen LogP) is 4.03. The van der Waals surface area contributed by atoms with E-state index in [0.29, 0.717) is 6.54 Å². The Kier molecular flexibility index (Phi) is 3.85. The molecule has 0 spiro atoms. The summed E-state index contributed by atoms with van der Waals surface area (Å²) in [6.45, 7) is 7.20. The fraction of sp³-hybridized carbons (Fsp3) is 0.625. The highest BCUT2D eigenvalue weighted by Gasteiger charge is 2.41. The summed E-state index contributed by atoms with van der Waals surface area (Å²) in [7, 11) is 1.74. The molecule has 0 aliphatic heterocycles. The van der Waals surface area contributed by atoms with Gasteiger partial charge in [0.25, 0.3) is 0 Å². The average Bonchev–Trinajstić information content (AvgIpc) is 2.26. The molecule has 0 atom stereocenters. The number of nitrogens with two attached hydrogens (primary N) is 1. The first-order chi connectivity index (χ1) is 8.84. The van der Waals surface area contributed by atoms with E-state index in [9.17, 15) is 0 Å². The van der Waals surface area contributed by atoms with Crippen LogP contribution in [0.3, 0.4) is 0 Å². The number of benzene rings is 1. The summed E-state index contributed by atoms with van der Waals surface area (Å²) in [5, 5.41) is 0.778. The molecule has 0 bridgehead atoms. The molecule has 0 radical (unpaired) electrons. The van der Waals surface area contributed by atoms with Gasteiger partial charge in [-0.1, -0.05) is 38.8 Å². The molecule has 3 heteroatoms. The third-order valence-electron chi connectivity index (χ3n) is 4.34. The van der Waals surface area contributed by atoms with Crippen LogP contribution in [0.15, 0.2) is 12.1 Å². The Labute approximate surface area is 121 Å². The maximum absolute atomic E-state index is 6.33. The van der Waals surface area contributed by atoms with Crippen molar-refractivity contribution < 1.29 is 4.74 Å². The summed E-state index contributed by atoms with van der Waals surface area (Å²) >= 11 is 6.33. The summed E-state index contributed by atoms with van der Waals surface area (Å²) in [6, 6.07) is 4.06. The van der Waals surface area contributed by atoms with Gasteiger partial charge in [-0.25, -0.2) is 0 Å². The van der Waals surface area contributed by atoms with E-state index in [1.165, 1.54) is 12.0 Å². The molecule has 1 aromatic carbocycles. The van der Waals surface area contributed by atoms with E-state index in [1.807, 2.05) is 12.1 Å². The molecule has 1 aliphatic carbocycles. The molecule has 1 aromatic rings. The van der Waals surface area contributed by atoms with Crippen molar-refractivity contribution in [1.29, 1.82) is 0 Å². The van der Waals surface area contributed by atoms with Crippen LogP contribution in [-0.4, -0.2) is 13.7 Å². The number of hydrogen-bond acceptors (Lipinski definition) is 2. The number of rotatable bonds is 3. The van der Waals surface area contributed by atoms with Crippen molar-refractivity contribution in [2.75, 3.05) is 13.7 Å². The monoisotopic (exact) mass is 281 g/mol. The largest absolute Gasteiger partial charge is 0.496 e. The highest BCUT2D eigenvalue weighted by Crippen LogP contribution is 2.49. The fourth-order valence-electron chi connectivity index (χ4n) is 2.95. The van der Waals surface area contributed by atoms with E-state index in [4.69, 9.17) is 22.1 Å². The summed E-state index contributed by atoms with van der Waals surface area (Å²) in [6.07, 6.45) is 3.49. The van der Waals surface area contributed by atoms with Gasteiger partial charge >= 0.3 is 0 Å². The number of halogens is 1. The minimum atomic E-state index is 0.00449. The molecule has 0 heterocycles. The minimum Gasteiger partial charge on any atom is -0.496 e. The molecular formula is C16H24ClNO. The van der Waals surface area contributed by atoms with Crippen molar-refractivity contribution in [1.82, 2.24) is 0 Å². The lowest BCUT2D eigenvalue weighted by Crippen LogP contribution is -2.42. The zero-order valence-corrected chi connectivity index (χ0v) is 13.1. The fourth-order valence-corrected chi connectivity index (χ4v) is 3.17. The molecule has 1 fully saturated rings. The van der Waals surface area contributed by atoms with Crippen LogP contribution in [0, 0.1) is 0 Å². The molecule has 106 valence electrons. The van der Waals surface area contributed by atoms with Crippen molar-refractivity contribution in [3.63, 3.8) is 0 Å². The van der Waals surface area contributed by atoms with E-state index in [2.05, 4.69) is 20.8 Å². The molecule has 0 unspecified atom stereocenters. The van der Waals surface area contributed by atoms with E-state index in [-0.39, 0.29) is 10.8 Å². The van der Waals surface area contributed by atoms with Gasteiger partial charge in [-0.15, -0.1) is 0 Å². The quantitative estimate of drug-likeness (QED) is 0.908. The average molecular weight is 282 g/mol. The Hall–Kier alpha value is -0.730. The lowest BCUT2D eigenvalue weighted by Gasteiger charge is -2.43. The SMILES string of the molecule is COc1c(C(C)(C)C)cc(Cl)cc1C1(CN)CCC1. The third-order valence-corrected chi connectivity index (χ3v) is 4.56. The second-order valence-electron chi connectivity index (χ2n) is 6.62. The van der Waals surface area contributed by atoms with Crippen molar-refractivity contribution in [2.24, 2.45) is 5.73 Å². The van der Waals surface area contributed by atoms with Crippen LogP contribution in [0.4, 0.5) is 0 Å². The smallest absolute Gasteiger partial charge is 0.126 e. The van der Waals surface area contributed by atoms with E-state index >= 15 is 0 Å².